The molecule has 0 aromatic rings. The highest BCUT2D eigenvalue weighted by Crippen LogP contribution is 2.45. The third-order valence-corrected chi connectivity index (χ3v) is 22.4. The van der Waals surface area contributed by atoms with E-state index in [1.165, 1.54) is 238 Å². The molecule has 0 aliphatic heterocycles. The Labute approximate surface area is 638 Å². The van der Waals surface area contributed by atoms with Gasteiger partial charge in [0.25, 0.3) is 0 Å². The van der Waals surface area contributed by atoms with Crippen molar-refractivity contribution in [1.29, 1.82) is 0 Å². The molecule has 4 unspecified atom stereocenters. The van der Waals surface area contributed by atoms with E-state index >= 15 is 0 Å². The SMILES string of the molecule is CCC(C)CCCCCCCCCCCCC(=O)OC[C@H](COP(=O)(O)OC[C@@H](O)COP(=O)(O)OC[C@@H](COC(=O)CCCCCCCCC(C)CC)OC(=O)CCCCCCCCCCCCCCCCCCC(C)C)OC(=O)CCCCCCCCCCCCCCCCCCCCC(C)C. The molecule has 0 aliphatic carbocycles. The van der Waals surface area contributed by atoms with E-state index in [0.717, 1.165) is 120 Å². The smallest absolute Gasteiger partial charge is 0.462 e. The topological polar surface area (TPSA) is 237 Å². The summed E-state index contributed by atoms with van der Waals surface area (Å²) in [5, 5.41) is 10.7. The van der Waals surface area contributed by atoms with E-state index in [1.54, 1.807) is 0 Å². The van der Waals surface area contributed by atoms with Gasteiger partial charge in [0.1, 0.15) is 19.3 Å². The number of aliphatic hydroxyl groups is 1. The van der Waals surface area contributed by atoms with Crippen LogP contribution in [0.5, 0.6) is 0 Å². The minimum Gasteiger partial charge on any atom is -0.462 e. The van der Waals surface area contributed by atoms with Crippen LogP contribution in [0.15, 0.2) is 0 Å². The second-order valence-electron chi connectivity index (χ2n) is 32.0. The monoisotopic (exact) mass is 1520 g/mol. The van der Waals surface area contributed by atoms with E-state index in [-0.39, 0.29) is 25.7 Å². The number of unbranched alkanes of at least 4 members (excludes halogenated alkanes) is 46. The number of aliphatic hydroxyl groups excluding tert-OH is 1. The van der Waals surface area contributed by atoms with Crippen molar-refractivity contribution in [2.75, 3.05) is 39.6 Å². The first-order valence-corrected chi connectivity index (χ1v) is 46.8. The standard InChI is InChI=1S/C85H166O17P2/c1-9-77(7)63-55-47-39-33-29-30-34-40-49-57-65-82(87)95-71-80(101-84(89)67-59-51-41-35-27-23-19-14-12-11-13-17-21-25-31-37-45-53-61-75(3)4)73-99-103(91,92)97-69-79(86)70-98-104(93,94)100-74-81(72-96-83(88)66-58-50-44-43-48-56-64-78(8)10-2)102-85(90)68-60-52-42-36-28-24-20-16-15-18-22-26-32-38-46-54-62-76(5)6/h75-81,86H,9-74H2,1-8H3,(H,91,92)(H,93,94)/t77?,78?,79-,80-,81-/m1/s1. The predicted molar refractivity (Wildman–Crippen MR) is 428 cm³/mol. The average molecular weight is 1520 g/mol. The summed E-state index contributed by atoms with van der Waals surface area (Å²) in [5.41, 5.74) is 0. The summed E-state index contributed by atoms with van der Waals surface area (Å²) < 4.78 is 68.8. The number of carbonyl (C=O) groups is 4. The van der Waals surface area contributed by atoms with Crippen LogP contribution >= 0.6 is 15.6 Å². The molecule has 618 valence electrons. The van der Waals surface area contributed by atoms with Gasteiger partial charge in [-0.05, 0) is 49.4 Å². The van der Waals surface area contributed by atoms with Crippen LogP contribution in [-0.2, 0) is 65.4 Å². The van der Waals surface area contributed by atoms with Crippen LogP contribution in [-0.4, -0.2) is 96.7 Å². The Morgan fingerprint density at radius 3 is 0.683 bits per heavy atom. The number of phosphoric ester groups is 2. The number of phosphoric acid groups is 2. The lowest BCUT2D eigenvalue weighted by Crippen LogP contribution is -2.30. The average Bonchev–Trinajstić information content (AvgIpc) is 0.903. The maximum Gasteiger partial charge on any atom is 0.472 e. The van der Waals surface area contributed by atoms with Crippen molar-refractivity contribution in [3.8, 4) is 0 Å². The Kier molecular flexibility index (Phi) is 72.5. The van der Waals surface area contributed by atoms with Gasteiger partial charge >= 0.3 is 39.5 Å². The molecule has 7 atom stereocenters. The summed E-state index contributed by atoms with van der Waals surface area (Å²) in [6, 6.07) is 0. The number of ether oxygens (including phenoxy) is 4. The van der Waals surface area contributed by atoms with E-state index < -0.39 is 97.5 Å². The zero-order valence-corrected chi connectivity index (χ0v) is 70.5. The highest BCUT2D eigenvalue weighted by Gasteiger charge is 2.30. The first kappa shape index (κ1) is 102. The molecule has 0 amide bonds. The van der Waals surface area contributed by atoms with Gasteiger partial charge in [-0.15, -0.1) is 0 Å². The minimum absolute atomic E-state index is 0.107. The van der Waals surface area contributed by atoms with E-state index in [9.17, 15) is 43.2 Å². The third kappa shape index (κ3) is 75.5. The van der Waals surface area contributed by atoms with Crippen LogP contribution in [0.25, 0.3) is 0 Å². The number of esters is 4. The number of hydrogen-bond acceptors (Lipinski definition) is 15. The van der Waals surface area contributed by atoms with Crippen molar-refractivity contribution in [2.24, 2.45) is 23.7 Å². The maximum atomic E-state index is 13.1. The zero-order chi connectivity index (χ0) is 76.7. The highest BCUT2D eigenvalue weighted by molar-refractivity contribution is 7.47. The van der Waals surface area contributed by atoms with Gasteiger partial charge in [-0.25, -0.2) is 9.13 Å². The Morgan fingerprint density at radius 2 is 0.462 bits per heavy atom. The quantitative estimate of drug-likeness (QED) is 0.0222. The van der Waals surface area contributed by atoms with Crippen molar-refractivity contribution in [2.45, 2.75) is 459 Å². The third-order valence-electron chi connectivity index (χ3n) is 20.5. The summed E-state index contributed by atoms with van der Waals surface area (Å²) in [7, 11) is -9.93. The van der Waals surface area contributed by atoms with Crippen molar-refractivity contribution in [3.63, 3.8) is 0 Å². The molecule has 0 aromatic heterocycles. The number of hydrogen-bond donors (Lipinski definition) is 3. The van der Waals surface area contributed by atoms with Crippen LogP contribution in [0.2, 0.25) is 0 Å². The summed E-state index contributed by atoms with van der Waals surface area (Å²) >= 11 is 0. The second kappa shape index (κ2) is 73.8. The Bertz CT molecular complexity index is 2030. The molecular formula is C85H166O17P2. The summed E-state index contributed by atoms with van der Waals surface area (Å²) in [6.07, 6.45) is 62.5. The van der Waals surface area contributed by atoms with E-state index in [1.807, 2.05) is 0 Å². The Balaban J connectivity index is 5.22. The van der Waals surface area contributed by atoms with Gasteiger partial charge in [0.15, 0.2) is 12.2 Å². The van der Waals surface area contributed by atoms with Crippen molar-refractivity contribution < 1.29 is 80.2 Å². The van der Waals surface area contributed by atoms with Crippen LogP contribution in [0, 0.1) is 23.7 Å². The lowest BCUT2D eigenvalue weighted by Gasteiger charge is -2.21. The highest BCUT2D eigenvalue weighted by atomic mass is 31.2. The first-order chi connectivity index (χ1) is 50.2. The van der Waals surface area contributed by atoms with Gasteiger partial charge < -0.3 is 33.8 Å². The molecule has 0 saturated carbocycles. The fourth-order valence-corrected chi connectivity index (χ4v) is 14.7. The fourth-order valence-electron chi connectivity index (χ4n) is 13.1. The molecule has 17 nitrogen and oxygen atoms in total. The Morgan fingerprint density at radius 1 is 0.269 bits per heavy atom. The number of carbonyl (C=O) groups excluding carboxylic acids is 4. The van der Waals surface area contributed by atoms with E-state index in [2.05, 4.69) is 55.4 Å². The van der Waals surface area contributed by atoms with Gasteiger partial charge in [-0.1, -0.05) is 389 Å². The molecular weight excluding hydrogens is 1350 g/mol. The maximum absolute atomic E-state index is 13.1. The molecule has 0 spiro atoms. The van der Waals surface area contributed by atoms with E-state index in [4.69, 9.17) is 37.0 Å². The van der Waals surface area contributed by atoms with Crippen LogP contribution in [0.4, 0.5) is 0 Å². The second-order valence-corrected chi connectivity index (χ2v) is 34.9. The predicted octanol–water partition coefficient (Wildman–Crippen LogP) is 25.6. The number of rotatable bonds is 82. The van der Waals surface area contributed by atoms with Gasteiger partial charge in [0, 0.05) is 25.7 Å². The van der Waals surface area contributed by atoms with Crippen LogP contribution in [0.3, 0.4) is 0 Å². The molecule has 104 heavy (non-hydrogen) atoms. The molecule has 19 heteroatoms. The van der Waals surface area contributed by atoms with Gasteiger partial charge in [0.05, 0.1) is 26.4 Å². The molecule has 0 aromatic carbocycles. The van der Waals surface area contributed by atoms with Crippen molar-refractivity contribution >= 4 is 39.5 Å². The molecule has 3 N–H and O–H groups in total. The molecule has 0 aliphatic rings. The summed E-state index contributed by atoms with van der Waals surface area (Å²) in [5.74, 6) is 1.06. The fraction of sp³-hybridized carbons (Fsp3) is 0.953. The molecule has 0 fully saturated rings. The van der Waals surface area contributed by atoms with Crippen molar-refractivity contribution in [1.82, 2.24) is 0 Å². The Hall–Kier alpha value is -1.94. The van der Waals surface area contributed by atoms with Gasteiger partial charge in [-0.3, -0.25) is 37.3 Å². The molecule has 0 saturated heterocycles. The lowest BCUT2D eigenvalue weighted by atomic mass is 9.99. The van der Waals surface area contributed by atoms with Crippen LogP contribution in [0.1, 0.15) is 441 Å². The zero-order valence-electron chi connectivity index (χ0n) is 68.7. The van der Waals surface area contributed by atoms with Gasteiger partial charge in [0.2, 0.25) is 0 Å². The molecule has 0 heterocycles. The largest absolute Gasteiger partial charge is 0.472 e. The normalized spacial score (nSPS) is 14.5. The van der Waals surface area contributed by atoms with Crippen LogP contribution < -0.4 is 0 Å². The minimum atomic E-state index is -4.97. The lowest BCUT2D eigenvalue weighted by molar-refractivity contribution is -0.161. The molecule has 0 radical (unpaired) electrons. The van der Waals surface area contributed by atoms with Gasteiger partial charge in [-0.2, -0.15) is 0 Å². The first-order valence-electron chi connectivity index (χ1n) is 43.8. The van der Waals surface area contributed by atoms with E-state index in [0.29, 0.717) is 25.7 Å². The molecule has 0 bridgehead atoms. The molecule has 0 rings (SSSR count). The van der Waals surface area contributed by atoms with Crippen molar-refractivity contribution in [3.05, 3.63) is 0 Å². The summed E-state index contributed by atoms with van der Waals surface area (Å²) in [6.45, 7) is 14.3. The summed E-state index contributed by atoms with van der Waals surface area (Å²) in [4.78, 5) is 73.2.